The SMILES string of the molecule is CCN1C(=O)/C(=C/c2ccc(OCC(C)C)c3ccccc23)c2ccccc21. The highest BCUT2D eigenvalue weighted by molar-refractivity contribution is 6.36. The number of para-hydroxylation sites is 1. The predicted molar refractivity (Wildman–Crippen MR) is 117 cm³/mol. The average molecular weight is 371 g/mol. The molecular formula is C25H25NO2. The van der Waals surface area contributed by atoms with E-state index in [4.69, 9.17) is 4.74 Å². The standard InChI is InChI=1S/C25H25NO2/c1-4-26-23-12-8-7-10-20(23)22(25(26)27)15-18-13-14-24(28-16-17(2)3)21-11-6-5-9-19(18)21/h5-15,17H,4,16H2,1-3H3/b22-15+. The third-order valence-corrected chi connectivity index (χ3v) is 5.07. The van der Waals surface area contributed by atoms with Crippen LogP contribution in [0.25, 0.3) is 22.4 Å². The van der Waals surface area contributed by atoms with Gasteiger partial charge in [-0.05, 0) is 42.0 Å². The second kappa shape index (κ2) is 7.51. The van der Waals surface area contributed by atoms with Gasteiger partial charge >= 0.3 is 0 Å². The number of carbonyl (C=O) groups excluding carboxylic acids is 1. The summed E-state index contributed by atoms with van der Waals surface area (Å²) in [4.78, 5) is 14.8. The maximum atomic E-state index is 13.0. The molecule has 28 heavy (non-hydrogen) atoms. The number of hydrogen-bond donors (Lipinski definition) is 0. The predicted octanol–water partition coefficient (Wildman–Crippen LogP) is 5.78. The Balaban J connectivity index is 1.83. The number of likely N-dealkylation sites (N-methyl/N-ethyl adjacent to an activating group) is 1. The minimum atomic E-state index is 0.0629. The lowest BCUT2D eigenvalue weighted by molar-refractivity contribution is -0.112. The molecule has 0 bridgehead atoms. The summed E-state index contributed by atoms with van der Waals surface area (Å²) in [5.41, 5.74) is 3.77. The molecular weight excluding hydrogens is 346 g/mol. The molecule has 0 saturated heterocycles. The van der Waals surface area contributed by atoms with Gasteiger partial charge in [-0.15, -0.1) is 0 Å². The summed E-state index contributed by atoms with van der Waals surface area (Å²) >= 11 is 0. The van der Waals surface area contributed by atoms with Crippen LogP contribution in [0.2, 0.25) is 0 Å². The van der Waals surface area contributed by atoms with Crippen LogP contribution in [0.15, 0.2) is 60.7 Å². The van der Waals surface area contributed by atoms with Crippen molar-refractivity contribution >= 4 is 34.0 Å². The van der Waals surface area contributed by atoms with E-state index in [0.717, 1.165) is 38.9 Å². The van der Waals surface area contributed by atoms with Crippen molar-refractivity contribution < 1.29 is 9.53 Å². The van der Waals surface area contributed by atoms with Gasteiger partial charge in [-0.2, -0.15) is 0 Å². The average Bonchev–Trinajstić information content (AvgIpc) is 2.98. The number of ether oxygens (including phenoxy) is 1. The zero-order valence-corrected chi connectivity index (χ0v) is 16.6. The van der Waals surface area contributed by atoms with Crippen LogP contribution >= 0.6 is 0 Å². The smallest absolute Gasteiger partial charge is 0.258 e. The van der Waals surface area contributed by atoms with Crippen LogP contribution < -0.4 is 9.64 Å². The van der Waals surface area contributed by atoms with E-state index in [-0.39, 0.29) is 5.91 Å². The van der Waals surface area contributed by atoms with E-state index in [2.05, 4.69) is 32.0 Å². The first kappa shape index (κ1) is 18.3. The van der Waals surface area contributed by atoms with E-state index >= 15 is 0 Å². The Morgan fingerprint density at radius 3 is 2.43 bits per heavy atom. The molecule has 0 spiro atoms. The number of hydrogen-bond acceptors (Lipinski definition) is 2. The number of amides is 1. The van der Waals surface area contributed by atoms with Gasteiger partial charge in [0.1, 0.15) is 5.75 Å². The van der Waals surface area contributed by atoms with E-state index < -0.39 is 0 Å². The van der Waals surface area contributed by atoms with Gasteiger partial charge in [-0.1, -0.05) is 62.4 Å². The minimum Gasteiger partial charge on any atom is -0.493 e. The molecule has 3 nitrogen and oxygen atoms in total. The van der Waals surface area contributed by atoms with Crippen LogP contribution in [0.4, 0.5) is 5.69 Å². The highest BCUT2D eigenvalue weighted by Gasteiger charge is 2.30. The summed E-state index contributed by atoms with van der Waals surface area (Å²) in [6.07, 6.45) is 2.02. The number of anilines is 1. The second-order valence-electron chi connectivity index (χ2n) is 7.53. The molecule has 1 amide bonds. The number of carbonyl (C=O) groups is 1. The molecule has 0 aromatic heterocycles. The molecule has 3 aromatic carbocycles. The fourth-order valence-electron chi connectivity index (χ4n) is 3.72. The van der Waals surface area contributed by atoms with Crippen LogP contribution in [0.5, 0.6) is 5.75 Å². The molecule has 0 atom stereocenters. The van der Waals surface area contributed by atoms with Crippen molar-refractivity contribution in [3.8, 4) is 5.75 Å². The van der Waals surface area contributed by atoms with Gasteiger partial charge in [0, 0.05) is 23.1 Å². The Bertz CT molecular complexity index is 1070. The maximum Gasteiger partial charge on any atom is 0.258 e. The molecule has 0 aliphatic carbocycles. The third-order valence-electron chi connectivity index (χ3n) is 5.07. The zero-order chi connectivity index (χ0) is 19.7. The first-order valence-corrected chi connectivity index (χ1v) is 9.87. The molecule has 0 unspecified atom stereocenters. The fraction of sp³-hybridized carbons (Fsp3) is 0.240. The number of nitrogens with zero attached hydrogens (tertiary/aromatic N) is 1. The van der Waals surface area contributed by atoms with Gasteiger partial charge in [0.2, 0.25) is 0 Å². The maximum absolute atomic E-state index is 13.0. The van der Waals surface area contributed by atoms with Gasteiger partial charge < -0.3 is 9.64 Å². The lowest BCUT2D eigenvalue weighted by atomic mass is 9.99. The Kier molecular flexibility index (Phi) is 4.91. The second-order valence-corrected chi connectivity index (χ2v) is 7.53. The fourth-order valence-corrected chi connectivity index (χ4v) is 3.72. The number of rotatable bonds is 5. The van der Waals surface area contributed by atoms with Gasteiger partial charge in [0.15, 0.2) is 0 Å². The Hall–Kier alpha value is -3.07. The van der Waals surface area contributed by atoms with Gasteiger partial charge in [-0.25, -0.2) is 0 Å². The Labute approximate surface area is 166 Å². The zero-order valence-electron chi connectivity index (χ0n) is 16.6. The third kappa shape index (κ3) is 3.18. The highest BCUT2D eigenvalue weighted by Crippen LogP contribution is 2.39. The van der Waals surface area contributed by atoms with Crippen LogP contribution in [-0.2, 0) is 4.79 Å². The van der Waals surface area contributed by atoms with Crippen LogP contribution in [-0.4, -0.2) is 19.1 Å². The topological polar surface area (TPSA) is 29.5 Å². The normalized spacial score (nSPS) is 14.9. The Morgan fingerprint density at radius 1 is 0.964 bits per heavy atom. The first-order valence-electron chi connectivity index (χ1n) is 9.87. The van der Waals surface area contributed by atoms with E-state index in [1.807, 2.05) is 60.4 Å². The van der Waals surface area contributed by atoms with Crippen molar-refractivity contribution in [2.24, 2.45) is 5.92 Å². The van der Waals surface area contributed by atoms with Crippen LogP contribution in [0, 0.1) is 5.92 Å². The lowest BCUT2D eigenvalue weighted by Crippen LogP contribution is -2.25. The highest BCUT2D eigenvalue weighted by atomic mass is 16.5. The van der Waals surface area contributed by atoms with Gasteiger partial charge in [-0.3, -0.25) is 4.79 Å². The van der Waals surface area contributed by atoms with Crippen molar-refractivity contribution in [2.45, 2.75) is 20.8 Å². The van der Waals surface area contributed by atoms with Crippen LogP contribution in [0.1, 0.15) is 31.9 Å². The quantitative estimate of drug-likeness (QED) is 0.532. The summed E-state index contributed by atoms with van der Waals surface area (Å²) in [7, 11) is 0. The number of fused-ring (bicyclic) bond motifs is 2. The van der Waals surface area contributed by atoms with Crippen molar-refractivity contribution in [1.29, 1.82) is 0 Å². The molecule has 0 fully saturated rings. The minimum absolute atomic E-state index is 0.0629. The van der Waals surface area contributed by atoms with E-state index in [9.17, 15) is 4.79 Å². The molecule has 4 rings (SSSR count). The van der Waals surface area contributed by atoms with Crippen LogP contribution in [0.3, 0.4) is 0 Å². The van der Waals surface area contributed by atoms with Crippen molar-refractivity contribution in [2.75, 3.05) is 18.1 Å². The molecule has 0 N–H and O–H groups in total. The summed E-state index contributed by atoms with van der Waals surface area (Å²) in [6, 6.07) is 20.3. The summed E-state index contributed by atoms with van der Waals surface area (Å²) in [5, 5.41) is 2.17. The van der Waals surface area contributed by atoms with Crippen molar-refractivity contribution in [3.63, 3.8) is 0 Å². The van der Waals surface area contributed by atoms with Crippen molar-refractivity contribution in [3.05, 3.63) is 71.8 Å². The summed E-state index contributed by atoms with van der Waals surface area (Å²) < 4.78 is 6.02. The molecule has 0 saturated carbocycles. The largest absolute Gasteiger partial charge is 0.493 e. The van der Waals surface area contributed by atoms with Gasteiger partial charge in [0.25, 0.3) is 5.91 Å². The summed E-state index contributed by atoms with van der Waals surface area (Å²) in [5.74, 6) is 1.42. The summed E-state index contributed by atoms with van der Waals surface area (Å²) in [6.45, 7) is 7.64. The molecule has 3 heteroatoms. The van der Waals surface area contributed by atoms with E-state index in [1.54, 1.807) is 0 Å². The molecule has 3 aromatic rings. The molecule has 0 radical (unpaired) electrons. The first-order chi connectivity index (χ1) is 13.6. The molecule has 1 heterocycles. The van der Waals surface area contributed by atoms with Gasteiger partial charge in [0.05, 0.1) is 12.3 Å². The molecule has 1 aliphatic rings. The van der Waals surface area contributed by atoms with Crippen molar-refractivity contribution in [1.82, 2.24) is 0 Å². The van der Waals surface area contributed by atoms with E-state index in [1.165, 1.54) is 0 Å². The lowest BCUT2D eigenvalue weighted by Gasteiger charge is -2.14. The molecule has 1 aliphatic heterocycles. The van der Waals surface area contributed by atoms with E-state index in [0.29, 0.717) is 19.1 Å². The molecule has 142 valence electrons. The monoisotopic (exact) mass is 371 g/mol. The number of benzene rings is 3. The Morgan fingerprint density at radius 2 is 1.68 bits per heavy atom.